The Balaban J connectivity index is 1.26. The second kappa shape index (κ2) is 10.2. The van der Waals surface area contributed by atoms with Gasteiger partial charge in [0.1, 0.15) is 16.4 Å². The van der Waals surface area contributed by atoms with E-state index in [1.54, 1.807) is 12.1 Å². The number of aliphatic hydroxyl groups excluding tert-OH is 1. The number of hydrogen-bond donors (Lipinski definition) is 1. The number of benzene rings is 3. The van der Waals surface area contributed by atoms with E-state index in [9.17, 15) is 13.5 Å². The summed E-state index contributed by atoms with van der Waals surface area (Å²) >= 11 is 0. The topological polar surface area (TPSA) is 79.3 Å². The Morgan fingerprint density at radius 3 is 2.02 bits per heavy atom. The summed E-state index contributed by atoms with van der Waals surface area (Å²) in [5.41, 5.74) is 6.12. The van der Waals surface area contributed by atoms with Crippen LogP contribution in [0.2, 0.25) is 0 Å². The molecule has 2 aliphatic carbocycles. The molecule has 0 unspecified atom stereocenters. The third-order valence-corrected chi connectivity index (χ3v) is 11.3. The van der Waals surface area contributed by atoms with Crippen LogP contribution in [0.3, 0.4) is 0 Å². The lowest BCUT2D eigenvalue weighted by Crippen LogP contribution is -2.44. The molecule has 40 heavy (non-hydrogen) atoms. The minimum atomic E-state index is -3.90. The summed E-state index contributed by atoms with van der Waals surface area (Å²) in [4.78, 5) is 2.51. The lowest BCUT2D eigenvalue weighted by Gasteiger charge is -2.41. The molecular formula is C32H38N2O5S. The number of hydrogen-bond acceptors (Lipinski definition) is 6. The van der Waals surface area contributed by atoms with Gasteiger partial charge in [-0.2, -0.15) is 0 Å². The zero-order chi connectivity index (χ0) is 28.2. The van der Waals surface area contributed by atoms with Crippen LogP contribution >= 0.6 is 0 Å². The van der Waals surface area contributed by atoms with Crippen molar-refractivity contribution in [3.05, 3.63) is 88.5 Å². The van der Waals surface area contributed by atoms with Gasteiger partial charge in [-0.15, -0.1) is 0 Å². The van der Waals surface area contributed by atoms with Gasteiger partial charge in [0.15, 0.2) is 0 Å². The fourth-order valence-corrected chi connectivity index (χ4v) is 8.75. The van der Waals surface area contributed by atoms with E-state index in [2.05, 4.69) is 53.4 Å². The minimum absolute atomic E-state index is 0.00766. The maximum absolute atomic E-state index is 13.4. The molecule has 0 saturated carbocycles. The molecule has 1 fully saturated rings. The Bertz CT molecular complexity index is 1480. The van der Waals surface area contributed by atoms with Crippen molar-refractivity contribution in [3.63, 3.8) is 0 Å². The number of methoxy groups -OCH3 is 2. The lowest BCUT2D eigenvalue weighted by atomic mass is 9.74. The van der Waals surface area contributed by atoms with E-state index in [4.69, 9.17) is 9.47 Å². The van der Waals surface area contributed by atoms with Crippen molar-refractivity contribution in [1.29, 1.82) is 0 Å². The average Bonchev–Trinajstić information content (AvgIpc) is 3.48. The van der Waals surface area contributed by atoms with Crippen LogP contribution in [0.15, 0.2) is 65.6 Å². The highest BCUT2D eigenvalue weighted by Gasteiger charge is 2.53. The Labute approximate surface area is 237 Å². The molecule has 0 aromatic heterocycles. The van der Waals surface area contributed by atoms with Gasteiger partial charge in [0.05, 0.1) is 20.3 Å². The molecule has 0 spiro atoms. The standard InChI is InChI=1S/C32H38N2O5S/c1-33(2)40(36,37)31-28(39-4)14-13-27(38-3)29(31)30(35)21-15-17-34(18-16-21)20-32-19-24(22-9-5-7-11-25(22)32)23-10-6-8-12-26(23)32/h5-14,21,24,30,35H,15-20H2,1-4H3/t24?,30-,32?/m0/s1. The van der Waals surface area contributed by atoms with E-state index in [1.807, 2.05) is 0 Å². The molecule has 1 N–H and O–H groups in total. The number of fused-ring (bicyclic) bond motifs is 8. The second-order valence-corrected chi connectivity index (χ2v) is 13.7. The number of aliphatic hydroxyl groups is 1. The van der Waals surface area contributed by atoms with E-state index >= 15 is 0 Å². The van der Waals surface area contributed by atoms with Crippen molar-refractivity contribution in [1.82, 2.24) is 9.21 Å². The fraction of sp³-hybridized carbons (Fsp3) is 0.438. The molecule has 2 bridgehead atoms. The molecule has 0 radical (unpaired) electrons. The van der Waals surface area contributed by atoms with Gasteiger partial charge in [0, 0.05) is 37.5 Å². The molecule has 8 heteroatoms. The molecule has 3 aliphatic rings. The SMILES string of the molecule is COc1ccc(OC)c(S(=O)(=O)N(C)C)c1[C@@H](O)C1CCN(CC23CC(c4ccccc42)c2ccccc23)CC1. The summed E-state index contributed by atoms with van der Waals surface area (Å²) in [6, 6.07) is 21.1. The van der Waals surface area contributed by atoms with Gasteiger partial charge in [-0.25, -0.2) is 12.7 Å². The van der Waals surface area contributed by atoms with Crippen LogP contribution in [0.25, 0.3) is 0 Å². The number of rotatable bonds is 8. The van der Waals surface area contributed by atoms with Gasteiger partial charge >= 0.3 is 0 Å². The van der Waals surface area contributed by atoms with Gasteiger partial charge < -0.3 is 19.5 Å². The van der Waals surface area contributed by atoms with E-state index < -0.39 is 16.1 Å². The van der Waals surface area contributed by atoms with Crippen LogP contribution in [0, 0.1) is 5.92 Å². The normalized spacial score (nSPS) is 23.2. The molecule has 212 valence electrons. The number of nitrogens with zero attached hydrogens (tertiary/aromatic N) is 2. The number of likely N-dealkylation sites (tertiary alicyclic amines) is 1. The van der Waals surface area contributed by atoms with Crippen LogP contribution in [-0.2, 0) is 15.4 Å². The molecule has 1 aliphatic heterocycles. The smallest absolute Gasteiger partial charge is 0.246 e. The maximum atomic E-state index is 13.4. The summed E-state index contributed by atoms with van der Waals surface area (Å²) in [6.45, 7) is 2.62. The molecule has 6 rings (SSSR count). The van der Waals surface area contributed by atoms with Crippen LogP contribution in [0.5, 0.6) is 11.5 Å². The third kappa shape index (κ3) is 4.07. The van der Waals surface area contributed by atoms with Gasteiger partial charge in [-0.3, -0.25) is 0 Å². The highest BCUT2D eigenvalue weighted by atomic mass is 32.2. The van der Waals surface area contributed by atoms with Crippen molar-refractivity contribution < 1.29 is 23.0 Å². The summed E-state index contributed by atoms with van der Waals surface area (Å²) in [7, 11) is 2.00. The quantitative estimate of drug-likeness (QED) is 0.435. The van der Waals surface area contributed by atoms with Crippen LogP contribution in [0.4, 0.5) is 0 Å². The van der Waals surface area contributed by atoms with Crippen molar-refractivity contribution >= 4 is 10.0 Å². The molecule has 1 saturated heterocycles. The van der Waals surface area contributed by atoms with Gasteiger partial charge in [-0.05, 0) is 72.7 Å². The molecule has 1 heterocycles. The van der Waals surface area contributed by atoms with Crippen molar-refractivity contribution in [3.8, 4) is 11.5 Å². The van der Waals surface area contributed by atoms with Crippen molar-refractivity contribution in [2.24, 2.45) is 5.92 Å². The molecule has 0 amide bonds. The summed E-state index contributed by atoms with van der Waals surface area (Å²) in [6.07, 6.45) is 1.62. The van der Waals surface area contributed by atoms with Gasteiger partial charge in [-0.1, -0.05) is 48.5 Å². The zero-order valence-electron chi connectivity index (χ0n) is 23.6. The summed E-state index contributed by atoms with van der Waals surface area (Å²) in [5.74, 6) is 0.912. The first-order valence-electron chi connectivity index (χ1n) is 14.0. The fourth-order valence-electron chi connectivity index (χ4n) is 7.48. The van der Waals surface area contributed by atoms with E-state index in [1.165, 1.54) is 50.6 Å². The Hall–Kier alpha value is -2.91. The number of sulfonamides is 1. The van der Waals surface area contributed by atoms with Crippen LogP contribution < -0.4 is 9.47 Å². The monoisotopic (exact) mass is 562 g/mol. The maximum Gasteiger partial charge on any atom is 0.246 e. The largest absolute Gasteiger partial charge is 0.496 e. The van der Waals surface area contributed by atoms with E-state index in [0.29, 0.717) is 11.7 Å². The first kappa shape index (κ1) is 27.3. The zero-order valence-corrected chi connectivity index (χ0v) is 24.4. The Kier molecular flexibility index (Phi) is 6.94. The first-order chi connectivity index (χ1) is 19.2. The summed E-state index contributed by atoms with van der Waals surface area (Å²) < 4.78 is 38.9. The van der Waals surface area contributed by atoms with Gasteiger partial charge in [0.25, 0.3) is 0 Å². The van der Waals surface area contributed by atoms with Crippen molar-refractivity contribution in [2.45, 2.75) is 41.6 Å². The molecule has 7 nitrogen and oxygen atoms in total. The second-order valence-electron chi connectivity index (χ2n) is 11.6. The molecular weight excluding hydrogens is 524 g/mol. The van der Waals surface area contributed by atoms with E-state index in [-0.39, 0.29) is 27.5 Å². The number of ether oxygens (including phenoxy) is 2. The molecule has 3 aromatic rings. The third-order valence-electron chi connectivity index (χ3n) is 9.42. The molecule has 3 aromatic carbocycles. The first-order valence-corrected chi connectivity index (χ1v) is 15.4. The van der Waals surface area contributed by atoms with Crippen molar-refractivity contribution in [2.75, 3.05) is 47.9 Å². The van der Waals surface area contributed by atoms with Crippen LogP contribution in [-0.4, -0.2) is 70.7 Å². The lowest BCUT2D eigenvalue weighted by molar-refractivity contribution is 0.0503. The van der Waals surface area contributed by atoms with Gasteiger partial charge in [0.2, 0.25) is 10.0 Å². The van der Waals surface area contributed by atoms with Crippen LogP contribution in [0.1, 0.15) is 59.1 Å². The predicted octanol–water partition coefficient (Wildman–Crippen LogP) is 4.53. The Morgan fingerprint density at radius 2 is 1.48 bits per heavy atom. The number of piperidine rings is 1. The summed E-state index contributed by atoms with van der Waals surface area (Å²) in [5, 5.41) is 11.7. The highest BCUT2D eigenvalue weighted by Crippen LogP contribution is 2.60. The highest BCUT2D eigenvalue weighted by molar-refractivity contribution is 7.89. The predicted molar refractivity (Wildman–Crippen MR) is 155 cm³/mol. The average molecular weight is 563 g/mol. The minimum Gasteiger partial charge on any atom is -0.496 e. The molecule has 1 atom stereocenters. The Morgan fingerprint density at radius 1 is 0.925 bits per heavy atom. The van der Waals surface area contributed by atoms with E-state index in [0.717, 1.165) is 43.2 Å².